The number of rotatable bonds is 5. The summed E-state index contributed by atoms with van der Waals surface area (Å²) in [7, 11) is 0. The van der Waals surface area contributed by atoms with Crippen LogP contribution >= 0.6 is 46.4 Å². The van der Waals surface area contributed by atoms with Gasteiger partial charge in [-0.15, -0.1) is 0 Å². The molecule has 5 rings (SSSR count). The summed E-state index contributed by atoms with van der Waals surface area (Å²) in [4.78, 5) is 30.9. The van der Waals surface area contributed by atoms with E-state index in [1.54, 1.807) is 72.8 Å². The number of nitrogens with zero attached hydrogens (tertiary/aromatic N) is 3. The van der Waals surface area contributed by atoms with E-state index in [-0.39, 0.29) is 22.2 Å². The van der Waals surface area contributed by atoms with Crippen molar-refractivity contribution >= 4 is 69.5 Å². The van der Waals surface area contributed by atoms with E-state index in [9.17, 15) is 9.59 Å². The van der Waals surface area contributed by atoms with Crippen LogP contribution in [0.2, 0.25) is 20.1 Å². The molecule has 0 spiro atoms. The van der Waals surface area contributed by atoms with Crippen molar-refractivity contribution in [3.8, 4) is 17.1 Å². The van der Waals surface area contributed by atoms with Crippen LogP contribution in [-0.4, -0.2) is 21.8 Å². The zero-order valence-electron chi connectivity index (χ0n) is 19.2. The third kappa shape index (κ3) is 5.30. The molecule has 0 aliphatic heterocycles. The van der Waals surface area contributed by atoms with Gasteiger partial charge in [0.1, 0.15) is 5.75 Å². The van der Waals surface area contributed by atoms with Gasteiger partial charge in [0, 0.05) is 21.2 Å². The van der Waals surface area contributed by atoms with Crippen molar-refractivity contribution in [2.75, 3.05) is 0 Å². The third-order valence-electron chi connectivity index (χ3n) is 5.51. The lowest BCUT2D eigenvalue weighted by molar-refractivity contribution is 0.0734. The summed E-state index contributed by atoms with van der Waals surface area (Å²) in [6.07, 6.45) is 1.40. The molecule has 1 aromatic heterocycles. The Bertz CT molecular complexity index is 1800. The van der Waals surface area contributed by atoms with Crippen LogP contribution in [0.1, 0.15) is 15.9 Å². The number of hydrogen-bond acceptors (Lipinski definition) is 5. The number of carbonyl (C=O) groups excluding carboxylic acids is 1. The fraction of sp³-hybridized carbons (Fsp3) is 0. The fourth-order valence-corrected chi connectivity index (χ4v) is 4.66. The van der Waals surface area contributed by atoms with Gasteiger partial charge in [-0.1, -0.05) is 70.7 Å². The quantitative estimate of drug-likeness (QED) is 0.120. The molecular formula is C28H15Cl4N3O3. The lowest BCUT2D eigenvalue weighted by Crippen LogP contribution is -2.20. The van der Waals surface area contributed by atoms with Crippen LogP contribution in [0.5, 0.6) is 5.75 Å². The standard InChI is InChI=1S/C28H15Cl4N3O3/c29-17-9-11-19(22(31)13-17)26-34-24-7-3-2-6-21(24)27(36)35(26)33-15-16-5-1-4-8-25(16)38-28(37)20-12-10-18(30)14-23(20)32/h1-15H. The van der Waals surface area contributed by atoms with Gasteiger partial charge >= 0.3 is 5.97 Å². The van der Waals surface area contributed by atoms with Crippen molar-refractivity contribution in [1.29, 1.82) is 0 Å². The highest BCUT2D eigenvalue weighted by Crippen LogP contribution is 2.30. The Morgan fingerprint density at radius 3 is 2.29 bits per heavy atom. The predicted octanol–water partition coefficient (Wildman–Crippen LogP) is 7.78. The number of para-hydroxylation sites is 2. The highest BCUT2D eigenvalue weighted by atomic mass is 35.5. The minimum absolute atomic E-state index is 0.150. The minimum atomic E-state index is -0.675. The third-order valence-corrected chi connectivity index (χ3v) is 6.61. The normalized spacial score (nSPS) is 11.3. The van der Waals surface area contributed by atoms with Gasteiger partial charge in [0.25, 0.3) is 5.56 Å². The van der Waals surface area contributed by atoms with Crippen LogP contribution in [0, 0.1) is 0 Å². The first kappa shape index (κ1) is 25.9. The summed E-state index contributed by atoms with van der Waals surface area (Å²) >= 11 is 24.6. The molecule has 4 aromatic carbocycles. The van der Waals surface area contributed by atoms with Crippen molar-refractivity contribution in [2.45, 2.75) is 0 Å². The molecule has 0 aliphatic rings. The average Bonchev–Trinajstić information content (AvgIpc) is 2.89. The maximum atomic E-state index is 13.5. The maximum Gasteiger partial charge on any atom is 0.345 e. The zero-order valence-corrected chi connectivity index (χ0v) is 22.3. The summed E-state index contributed by atoms with van der Waals surface area (Å²) in [5.41, 5.74) is 1.12. The van der Waals surface area contributed by atoms with E-state index >= 15 is 0 Å². The SMILES string of the molecule is O=C(Oc1ccccc1C=Nn1c(-c2ccc(Cl)cc2Cl)nc2ccccc2c1=O)c1ccc(Cl)cc1Cl. The molecule has 6 nitrogen and oxygen atoms in total. The Balaban J connectivity index is 1.59. The van der Waals surface area contributed by atoms with Gasteiger partial charge in [-0.05, 0) is 60.7 Å². The highest BCUT2D eigenvalue weighted by molar-refractivity contribution is 6.37. The number of fused-ring (bicyclic) bond motifs is 1. The first-order valence-electron chi connectivity index (χ1n) is 11.1. The number of carbonyl (C=O) groups is 1. The summed E-state index contributed by atoms with van der Waals surface area (Å²) in [6.45, 7) is 0. The van der Waals surface area contributed by atoms with E-state index < -0.39 is 11.5 Å². The molecule has 5 aromatic rings. The molecule has 0 saturated carbocycles. The monoisotopic (exact) mass is 581 g/mol. The van der Waals surface area contributed by atoms with Gasteiger partial charge in [0.05, 0.1) is 32.7 Å². The number of hydrogen-bond donors (Lipinski definition) is 0. The zero-order chi connectivity index (χ0) is 26.8. The summed E-state index contributed by atoms with van der Waals surface area (Å²) in [5, 5.41) is 6.09. The second-order valence-corrected chi connectivity index (χ2v) is 9.68. The Kier molecular flexibility index (Phi) is 7.49. The van der Waals surface area contributed by atoms with Crippen LogP contribution in [-0.2, 0) is 0 Å². The smallest absolute Gasteiger partial charge is 0.345 e. The van der Waals surface area contributed by atoms with Crippen LogP contribution < -0.4 is 10.3 Å². The molecule has 0 saturated heterocycles. The summed E-state index contributed by atoms with van der Waals surface area (Å²) in [6, 6.07) is 23.0. The Hall–Kier alpha value is -3.68. The van der Waals surface area contributed by atoms with Gasteiger partial charge in [0.15, 0.2) is 5.82 Å². The minimum Gasteiger partial charge on any atom is -0.422 e. The molecule has 0 atom stereocenters. The van der Waals surface area contributed by atoms with Crippen molar-refractivity contribution in [2.24, 2.45) is 5.10 Å². The molecule has 0 unspecified atom stereocenters. The van der Waals surface area contributed by atoms with Gasteiger partial charge < -0.3 is 4.74 Å². The summed E-state index contributed by atoms with van der Waals surface area (Å²) in [5.74, 6) is -0.250. The van der Waals surface area contributed by atoms with Crippen molar-refractivity contribution in [3.05, 3.63) is 127 Å². The van der Waals surface area contributed by atoms with Crippen molar-refractivity contribution in [1.82, 2.24) is 9.66 Å². The van der Waals surface area contributed by atoms with Crippen LogP contribution in [0.25, 0.3) is 22.3 Å². The van der Waals surface area contributed by atoms with E-state index in [0.29, 0.717) is 37.1 Å². The Labute approximate surface area is 236 Å². The average molecular weight is 583 g/mol. The molecule has 0 aliphatic carbocycles. The number of ether oxygens (including phenoxy) is 1. The fourth-order valence-electron chi connectivity index (χ4n) is 3.69. The number of aromatic nitrogens is 2. The second kappa shape index (κ2) is 11.0. The van der Waals surface area contributed by atoms with Crippen LogP contribution in [0.3, 0.4) is 0 Å². The molecule has 0 fully saturated rings. The lowest BCUT2D eigenvalue weighted by atomic mass is 10.2. The molecule has 188 valence electrons. The molecule has 0 bridgehead atoms. The second-order valence-electron chi connectivity index (χ2n) is 7.99. The van der Waals surface area contributed by atoms with E-state index in [4.69, 9.17) is 51.1 Å². The summed E-state index contributed by atoms with van der Waals surface area (Å²) < 4.78 is 6.74. The topological polar surface area (TPSA) is 73.5 Å². The number of esters is 1. The first-order valence-corrected chi connectivity index (χ1v) is 12.6. The van der Waals surface area contributed by atoms with Crippen molar-refractivity contribution in [3.63, 3.8) is 0 Å². The van der Waals surface area contributed by atoms with Gasteiger partial charge in [-0.3, -0.25) is 4.79 Å². The van der Waals surface area contributed by atoms with E-state index in [1.165, 1.54) is 18.3 Å². The molecule has 10 heteroatoms. The molecule has 0 amide bonds. The predicted molar refractivity (Wildman–Crippen MR) is 152 cm³/mol. The Morgan fingerprint density at radius 1 is 0.842 bits per heavy atom. The van der Waals surface area contributed by atoms with Gasteiger partial charge in [-0.25, -0.2) is 9.78 Å². The first-order chi connectivity index (χ1) is 18.3. The van der Waals surface area contributed by atoms with Crippen LogP contribution in [0.4, 0.5) is 0 Å². The highest BCUT2D eigenvalue weighted by Gasteiger charge is 2.17. The maximum absolute atomic E-state index is 13.5. The van der Waals surface area contributed by atoms with Crippen molar-refractivity contribution < 1.29 is 9.53 Å². The van der Waals surface area contributed by atoms with E-state index in [2.05, 4.69) is 10.1 Å². The number of halogens is 4. The largest absolute Gasteiger partial charge is 0.422 e. The molecule has 0 N–H and O–H groups in total. The van der Waals surface area contributed by atoms with E-state index in [1.807, 2.05) is 0 Å². The van der Waals surface area contributed by atoms with Gasteiger partial charge in [0.2, 0.25) is 0 Å². The molecule has 38 heavy (non-hydrogen) atoms. The molecular weight excluding hydrogens is 568 g/mol. The van der Waals surface area contributed by atoms with Gasteiger partial charge in [-0.2, -0.15) is 9.78 Å². The Morgan fingerprint density at radius 2 is 1.53 bits per heavy atom. The number of benzene rings is 4. The van der Waals surface area contributed by atoms with E-state index in [0.717, 1.165) is 4.68 Å². The molecule has 0 radical (unpaired) electrons. The van der Waals surface area contributed by atoms with Crippen LogP contribution in [0.15, 0.2) is 94.8 Å². The molecule has 1 heterocycles. The lowest BCUT2D eigenvalue weighted by Gasteiger charge is -2.12.